The lowest BCUT2D eigenvalue weighted by atomic mass is 10.1. The van der Waals surface area contributed by atoms with Gasteiger partial charge in [-0.1, -0.05) is 30.3 Å². The zero-order valence-electron chi connectivity index (χ0n) is 11.0. The maximum Gasteiger partial charge on any atom is 0.140 e. The SMILES string of the molecule is Cc1cc(Br)cn2c(CC#N)c(-c3ccccc3)nc12. The summed E-state index contributed by atoms with van der Waals surface area (Å²) in [6, 6.07) is 14.3. The average Bonchev–Trinajstić information content (AvgIpc) is 2.80. The Morgan fingerprint density at radius 2 is 2.05 bits per heavy atom. The molecule has 3 rings (SSSR count). The second-order valence-corrected chi connectivity index (χ2v) is 5.56. The second-order valence-electron chi connectivity index (χ2n) is 4.64. The Labute approximate surface area is 125 Å². The number of nitrogens with zero attached hydrogens (tertiary/aromatic N) is 3. The van der Waals surface area contributed by atoms with E-state index >= 15 is 0 Å². The van der Waals surface area contributed by atoms with Crippen molar-refractivity contribution in [3.63, 3.8) is 0 Å². The van der Waals surface area contributed by atoms with Gasteiger partial charge in [-0.05, 0) is 34.5 Å². The van der Waals surface area contributed by atoms with E-state index in [-0.39, 0.29) is 0 Å². The summed E-state index contributed by atoms with van der Waals surface area (Å²) < 4.78 is 2.99. The molecule has 2 aromatic heterocycles. The smallest absolute Gasteiger partial charge is 0.140 e. The van der Waals surface area contributed by atoms with Crippen molar-refractivity contribution in [2.75, 3.05) is 0 Å². The number of rotatable bonds is 2. The summed E-state index contributed by atoms with van der Waals surface area (Å²) in [7, 11) is 0. The monoisotopic (exact) mass is 325 g/mol. The van der Waals surface area contributed by atoms with Gasteiger partial charge in [0, 0.05) is 16.2 Å². The molecule has 20 heavy (non-hydrogen) atoms. The Bertz CT molecular complexity index is 813. The lowest BCUT2D eigenvalue weighted by Gasteiger charge is -2.03. The van der Waals surface area contributed by atoms with Crippen molar-refractivity contribution in [3.05, 3.63) is 58.3 Å². The third-order valence-electron chi connectivity index (χ3n) is 3.26. The van der Waals surface area contributed by atoms with E-state index in [1.807, 2.05) is 53.9 Å². The van der Waals surface area contributed by atoms with Gasteiger partial charge in [0.1, 0.15) is 5.65 Å². The Kier molecular flexibility index (Phi) is 3.29. The fourth-order valence-corrected chi connectivity index (χ4v) is 2.93. The van der Waals surface area contributed by atoms with Crippen molar-refractivity contribution in [1.29, 1.82) is 5.26 Å². The highest BCUT2D eigenvalue weighted by molar-refractivity contribution is 9.10. The molecular weight excluding hydrogens is 314 g/mol. The number of fused-ring (bicyclic) bond motifs is 1. The molecule has 2 heterocycles. The van der Waals surface area contributed by atoms with Crippen molar-refractivity contribution in [2.45, 2.75) is 13.3 Å². The molecule has 98 valence electrons. The molecule has 0 radical (unpaired) electrons. The van der Waals surface area contributed by atoms with Crippen LogP contribution < -0.4 is 0 Å². The fraction of sp³-hybridized carbons (Fsp3) is 0.125. The van der Waals surface area contributed by atoms with Crippen LogP contribution in [0.4, 0.5) is 0 Å². The van der Waals surface area contributed by atoms with Gasteiger partial charge in [-0.2, -0.15) is 5.26 Å². The largest absolute Gasteiger partial charge is 0.301 e. The molecule has 0 aliphatic rings. The molecule has 4 heteroatoms. The first-order valence-corrected chi connectivity index (χ1v) is 7.09. The Morgan fingerprint density at radius 3 is 2.75 bits per heavy atom. The Balaban J connectivity index is 2.35. The van der Waals surface area contributed by atoms with Crippen LogP contribution >= 0.6 is 15.9 Å². The van der Waals surface area contributed by atoms with Crippen LogP contribution in [-0.4, -0.2) is 9.38 Å². The van der Waals surface area contributed by atoms with E-state index < -0.39 is 0 Å². The summed E-state index contributed by atoms with van der Waals surface area (Å²) in [6.45, 7) is 2.03. The summed E-state index contributed by atoms with van der Waals surface area (Å²) in [5.41, 5.74) is 4.83. The maximum atomic E-state index is 9.10. The van der Waals surface area contributed by atoms with Gasteiger partial charge < -0.3 is 4.40 Å². The van der Waals surface area contributed by atoms with Gasteiger partial charge in [0.15, 0.2) is 0 Å². The predicted molar refractivity (Wildman–Crippen MR) is 82.4 cm³/mol. The maximum absolute atomic E-state index is 9.10. The van der Waals surface area contributed by atoms with Crippen molar-refractivity contribution in [2.24, 2.45) is 0 Å². The zero-order chi connectivity index (χ0) is 14.1. The van der Waals surface area contributed by atoms with E-state index in [0.717, 1.165) is 32.6 Å². The molecule has 0 saturated carbocycles. The number of benzene rings is 1. The zero-order valence-corrected chi connectivity index (χ0v) is 12.6. The van der Waals surface area contributed by atoms with Crippen molar-refractivity contribution >= 4 is 21.6 Å². The highest BCUT2D eigenvalue weighted by atomic mass is 79.9. The normalized spacial score (nSPS) is 10.7. The second kappa shape index (κ2) is 5.10. The highest BCUT2D eigenvalue weighted by Gasteiger charge is 2.15. The summed E-state index contributed by atoms with van der Waals surface area (Å²) in [5, 5.41) is 9.10. The van der Waals surface area contributed by atoms with Crippen molar-refractivity contribution < 1.29 is 0 Å². The minimum absolute atomic E-state index is 0.335. The molecule has 0 aliphatic heterocycles. The first-order valence-electron chi connectivity index (χ1n) is 6.30. The van der Waals surface area contributed by atoms with Gasteiger partial charge in [0.05, 0.1) is 23.9 Å². The summed E-state index contributed by atoms with van der Waals surface area (Å²) >= 11 is 3.50. The summed E-state index contributed by atoms with van der Waals surface area (Å²) in [5.74, 6) is 0. The molecule has 0 unspecified atom stereocenters. The van der Waals surface area contributed by atoms with Gasteiger partial charge in [-0.3, -0.25) is 0 Å². The molecular formula is C16H12BrN3. The minimum atomic E-state index is 0.335. The van der Waals surface area contributed by atoms with E-state index in [1.54, 1.807) is 0 Å². The third-order valence-corrected chi connectivity index (χ3v) is 3.70. The molecule has 0 spiro atoms. The number of aromatic nitrogens is 2. The van der Waals surface area contributed by atoms with Gasteiger partial charge in [-0.15, -0.1) is 0 Å². The van der Waals surface area contributed by atoms with Gasteiger partial charge in [0.2, 0.25) is 0 Å². The van der Waals surface area contributed by atoms with Gasteiger partial charge in [-0.25, -0.2) is 4.98 Å². The summed E-state index contributed by atoms with van der Waals surface area (Å²) in [6.07, 6.45) is 2.30. The summed E-state index contributed by atoms with van der Waals surface area (Å²) in [4.78, 5) is 4.73. The standard InChI is InChI=1S/C16H12BrN3/c1-11-9-13(17)10-20-14(7-8-18)15(19-16(11)20)12-5-3-2-4-6-12/h2-6,9-10H,7H2,1H3. The highest BCUT2D eigenvalue weighted by Crippen LogP contribution is 2.27. The number of aryl methyl sites for hydroxylation is 1. The first kappa shape index (κ1) is 12.9. The number of hydrogen-bond acceptors (Lipinski definition) is 2. The fourth-order valence-electron chi connectivity index (χ4n) is 2.39. The van der Waals surface area contributed by atoms with Crippen LogP contribution in [0.15, 0.2) is 47.1 Å². The molecule has 1 aromatic carbocycles. The molecule has 0 amide bonds. The predicted octanol–water partition coefficient (Wildman–Crippen LogP) is 4.14. The van der Waals surface area contributed by atoms with Crippen LogP contribution in [0.1, 0.15) is 11.3 Å². The van der Waals surface area contributed by atoms with Crippen LogP contribution in [0.25, 0.3) is 16.9 Å². The molecule has 0 N–H and O–H groups in total. The van der Waals surface area contributed by atoms with E-state index in [9.17, 15) is 0 Å². The molecule has 0 saturated heterocycles. The number of halogens is 1. The molecule has 0 atom stereocenters. The van der Waals surface area contributed by atoms with Gasteiger partial charge >= 0.3 is 0 Å². The lowest BCUT2D eigenvalue weighted by molar-refractivity contribution is 1.04. The van der Waals surface area contributed by atoms with E-state index in [0.29, 0.717) is 6.42 Å². The number of imidazole rings is 1. The minimum Gasteiger partial charge on any atom is -0.301 e. The quantitative estimate of drug-likeness (QED) is 0.710. The Hall–Kier alpha value is -2.12. The number of pyridine rings is 1. The van der Waals surface area contributed by atoms with E-state index in [2.05, 4.69) is 22.0 Å². The van der Waals surface area contributed by atoms with Crippen LogP contribution in [0.5, 0.6) is 0 Å². The van der Waals surface area contributed by atoms with Crippen LogP contribution in [-0.2, 0) is 6.42 Å². The van der Waals surface area contributed by atoms with Crippen molar-refractivity contribution in [1.82, 2.24) is 9.38 Å². The van der Waals surface area contributed by atoms with Crippen LogP contribution in [0.2, 0.25) is 0 Å². The molecule has 0 bridgehead atoms. The number of nitriles is 1. The van der Waals surface area contributed by atoms with Gasteiger partial charge in [0.25, 0.3) is 0 Å². The molecule has 0 fully saturated rings. The molecule has 3 nitrogen and oxygen atoms in total. The average molecular weight is 326 g/mol. The molecule has 0 aliphatic carbocycles. The van der Waals surface area contributed by atoms with Crippen LogP contribution in [0, 0.1) is 18.3 Å². The topological polar surface area (TPSA) is 41.1 Å². The van der Waals surface area contributed by atoms with Crippen LogP contribution in [0.3, 0.4) is 0 Å². The van der Waals surface area contributed by atoms with Crippen molar-refractivity contribution in [3.8, 4) is 17.3 Å². The Morgan fingerprint density at radius 1 is 1.30 bits per heavy atom. The number of hydrogen-bond donors (Lipinski definition) is 0. The third kappa shape index (κ3) is 2.10. The van der Waals surface area contributed by atoms with E-state index in [4.69, 9.17) is 10.2 Å². The first-order chi connectivity index (χ1) is 9.70. The molecule has 3 aromatic rings. The lowest BCUT2D eigenvalue weighted by Crippen LogP contribution is -1.94. The van der Waals surface area contributed by atoms with E-state index in [1.165, 1.54) is 0 Å².